The Bertz CT molecular complexity index is 1310. The number of thiazole rings is 1. The van der Waals surface area contributed by atoms with Crippen molar-refractivity contribution in [1.82, 2.24) is 15.2 Å². The number of rotatable bonds is 7. The predicted molar refractivity (Wildman–Crippen MR) is 143 cm³/mol. The van der Waals surface area contributed by atoms with E-state index in [1.54, 1.807) is 17.4 Å². The maximum absolute atomic E-state index is 12.8. The summed E-state index contributed by atoms with van der Waals surface area (Å²) in [5, 5.41) is 4.17. The van der Waals surface area contributed by atoms with Gasteiger partial charge in [-0.15, -0.1) is 0 Å². The van der Waals surface area contributed by atoms with Crippen molar-refractivity contribution in [3.63, 3.8) is 0 Å². The Balaban J connectivity index is 1.12. The van der Waals surface area contributed by atoms with Crippen molar-refractivity contribution in [2.75, 3.05) is 44.2 Å². The van der Waals surface area contributed by atoms with Gasteiger partial charge >= 0.3 is 0 Å². The fourth-order valence-corrected chi connectivity index (χ4v) is 5.63. The molecule has 0 spiro atoms. The highest BCUT2D eigenvalue weighted by atomic mass is 32.1. The molecule has 0 atom stereocenters. The number of nitrogens with one attached hydrogen (secondary N) is 1. The second kappa shape index (κ2) is 10.5. The van der Waals surface area contributed by atoms with Crippen molar-refractivity contribution in [2.24, 2.45) is 0 Å². The molecule has 1 fully saturated rings. The Morgan fingerprint density at radius 3 is 2.54 bits per heavy atom. The molecule has 0 saturated carbocycles. The molecule has 6 nitrogen and oxygen atoms in total. The fourth-order valence-electron chi connectivity index (χ4n) is 4.44. The number of carbonyl (C=O) groups excluding carboxylic acids is 1. The zero-order valence-electron chi connectivity index (χ0n) is 20.2. The normalized spacial score (nSPS) is 14.3. The van der Waals surface area contributed by atoms with Crippen LogP contribution in [0.5, 0.6) is 11.5 Å². The van der Waals surface area contributed by atoms with Crippen LogP contribution in [0.25, 0.3) is 10.2 Å². The van der Waals surface area contributed by atoms with Crippen LogP contribution in [-0.4, -0.2) is 55.1 Å². The standard InChI is InChI=1S/C28H30N4O2S/c1-20-18-21(2)26-25(19-20)35-28(30-26)32-16-14-31(15-17-32)13-12-29-27(33)23-10-6-7-11-24(23)34-22-8-4-3-5-9-22/h3-11,18-19H,12-17H2,1-2H3,(H,29,33). The Hall–Kier alpha value is -3.42. The summed E-state index contributed by atoms with van der Waals surface area (Å²) < 4.78 is 7.20. The van der Waals surface area contributed by atoms with Crippen LogP contribution in [0.2, 0.25) is 0 Å². The van der Waals surface area contributed by atoms with E-state index in [2.05, 4.69) is 41.1 Å². The second-order valence-corrected chi connectivity index (χ2v) is 9.93. The van der Waals surface area contributed by atoms with Crippen LogP contribution in [0.15, 0.2) is 66.7 Å². The highest BCUT2D eigenvalue weighted by Crippen LogP contribution is 2.32. The summed E-state index contributed by atoms with van der Waals surface area (Å²) in [5.41, 5.74) is 4.19. The third-order valence-electron chi connectivity index (χ3n) is 6.28. The first kappa shape index (κ1) is 23.3. The van der Waals surface area contributed by atoms with E-state index in [-0.39, 0.29) is 5.91 Å². The van der Waals surface area contributed by atoms with E-state index in [1.165, 1.54) is 15.8 Å². The number of nitrogens with zero attached hydrogens (tertiary/aromatic N) is 3. The zero-order chi connectivity index (χ0) is 24.2. The molecule has 1 amide bonds. The molecule has 180 valence electrons. The van der Waals surface area contributed by atoms with Crippen molar-refractivity contribution in [3.8, 4) is 11.5 Å². The Labute approximate surface area is 210 Å². The maximum atomic E-state index is 12.8. The summed E-state index contributed by atoms with van der Waals surface area (Å²) in [7, 11) is 0. The van der Waals surface area contributed by atoms with Gasteiger partial charge < -0.3 is 15.0 Å². The summed E-state index contributed by atoms with van der Waals surface area (Å²) in [6.45, 7) is 9.49. The van der Waals surface area contributed by atoms with Gasteiger partial charge in [0, 0.05) is 39.3 Å². The lowest BCUT2D eigenvalue weighted by Gasteiger charge is -2.34. The SMILES string of the molecule is Cc1cc(C)c2nc(N3CCN(CCNC(=O)c4ccccc4Oc4ccccc4)CC3)sc2c1. The first-order valence-corrected chi connectivity index (χ1v) is 12.8. The number of benzene rings is 3. The minimum atomic E-state index is -0.115. The van der Waals surface area contributed by atoms with Gasteiger partial charge in [-0.3, -0.25) is 9.69 Å². The quantitative estimate of drug-likeness (QED) is 0.386. The molecule has 5 rings (SSSR count). The number of anilines is 1. The average molecular weight is 487 g/mol. The lowest BCUT2D eigenvalue weighted by molar-refractivity contribution is 0.0945. The van der Waals surface area contributed by atoms with Crippen LogP contribution < -0.4 is 15.0 Å². The third kappa shape index (κ3) is 5.47. The van der Waals surface area contributed by atoms with Crippen LogP contribution >= 0.6 is 11.3 Å². The van der Waals surface area contributed by atoms with Crippen LogP contribution in [-0.2, 0) is 0 Å². The molecule has 7 heteroatoms. The van der Waals surface area contributed by atoms with Crippen molar-refractivity contribution in [3.05, 3.63) is 83.4 Å². The number of hydrogen-bond donors (Lipinski definition) is 1. The van der Waals surface area contributed by atoms with Gasteiger partial charge in [-0.05, 0) is 55.3 Å². The van der Waals surface area contributed by atoms with E-state index in [0.29, 0.717) is 23.6 Å². The van der Waals surface area contributed by atoms with Gasteiger partial charge in [0.25, 0.3) is 5.91 Å². The van der Waals surface area contributed by atoms with E-state index in [9.17, 15) is 4.79 Å². The molecule has 2 heterocycles. The highest BCUT2D eigenvalue weighted by Gasteiger charge is 2.21. The largest absolute Gasteiger partial charge is 0.457 e. The van der Waals surface area contributed by atoms with Gasteiger partial charge in [0.15, 0.2) is 5.13 Å². The molecule has 0 aliphatic carbocycles. The van der Waals surface area contributed by atoms with Crippen molar-refractivity contribution in [2.45, 2.75) is 13.8 Å². The molecular weight excluding hydrogens is 456 g/mol. The van der Waals surface area contributed by atoms with Gasteiger partial charge in [-0.25, -0.2) is 4.98 Å². The van der Waals surface area contributed by atoms with Crippen LogP contribution in [0.1, 0.15) is 21.5 Å². The second-order valence-electron chi connectivity index (χ2n) is 8.92. The lowest BCUT2D eigenvalue weighted by atomic mass is 10.1. The molecule has 1 aliphatic rings. The molecular formula is C28H30N4O2S. The Morgan fingerprint density at radius 1 is 1.00 bits per heavy atom. The van der Waals surface area contributed by atoms with Gasteiger partial charge in [0.05, 0.1) is 15.8 Å². The number of hydrogen-bond acceptors (Lipinski definition) is 6. The molecule has 0 radical (unpaired) electrons. The molecule has 1 N–H and O–H groups in total. The summed E-state index contributed by atoms with van der Waals surface area (Å²) in [5.74, 6) is 1.16. The number of aromatic nitrogens is 1. The van der Waals surface area contributed by atoms with E-state index in [1.807, 2.05) is 48.5 Å². The number of amides is 1. The topological polar surface area (TPSA) is 57.7 Å². The predicted octanol–water partition coefficient (Wildman–Crippen LogP) is 5.26. The Morgan fingerprint density at radius 2 is 1.74 bits per heavy atom. The van der Waals surface area contributed by atoms with E-state index in [4.69, 9.17) is 9.72 Å². The number of para-hydroxylation sites is 2. The molecule has 1 saturated heterocycles. The third-order valence-corrected chi connectivity index (χ3v) is 7.34. The minimum Gasteiger partial charge on any atom is -0.457 e. The van der Waals surface area contributed by atoms with Gasteiger partial charge in [-0.2, -0.15) is 0 Å². The monoisotopic (exact) mass is 486 g/mol. The summed E-state index contributed by atoms with van der Waals surface area (Å²) in [6, 6.07) is 21.3. The Kier molecular flexibility index (Phi) is 6.97. The van der Waals surface area contributed by atoms with Crippen LogP contribution in [0.3, 0.4) is 0 Å². The zero-order valence-corrected chi connectivity index (χ0v) is 21.0. The molecule has 35 heavy (non-hydrogen) atoms. The number of aryl methyl sites for hydroxylation is 2. The van der Waals surface area contributed by atoms with Crippen molar-refractivity contribution >= 4 is 32.6 Å². The fraction of sp³-hybridized carbons (Fsp3) is 0.286. The molecule has 0 unspecified atom stereocenters. The van der Waals surface area contributed by atoms with Crippen molar-refractivity contribution < 1.29 is 9.53 Å². The van der Waals surface area contributed by atoms with Gasteiger partial charge in [-0.1, -0.05) is 47.7 Å². The molecule has 1 aliphatic heterocycles. The van der Waals surface area contributed by atoms with Crippen molar-refractivity contribution in [1.29, 1.82) is 0 Å². The van der Waals surface area contributed by atoms with E-state index >= 15 is 0 Å². The van der Waals surface area contributed by atoms with E-state index < -0.39 is 0 Å². The smallest absolute Gasteiger partial charge is 0.255 e. The van der Waals surface area contributed by atoms with Gasteiger partial charge in [0.1, 0.15) is 11.5 Å². The van der Waals surface area contributed by atoms with E-state index in [0.717, 1.165) is 43.4 Å². The minimum absolute atomic E-state index is 0.115. The number of ether oxygens (including phenoxy) is 1. The average Bonchev–Trinajstić information content (AvgIpc) is 3.30. The first-order valence-electron chi connectivity index (χ1n) is 12.0. The van der Waals surface area contributed by atoms with Crippen LogP contribution in [0, 0.1) is 13.8 Å². The molecule has 4 aromatic rings. The summed E-state index contributed by atoms with van der Waals surface area (Å²) >= 11 is 1.78. The number of fused-ring (bicyclic) bond motifs is 1. The summed E-state index contributed by atoms with van der Waals surface area (Å²) in [4.78, 5) is 22.5. The highest BCUT2D eigenvalue weighted by molar-refractivity contribution is 7.22. The first-order chi connectivity index (χ1) is 17.1. The maximum Gasteiger partial charge on any atom is 0.255 e. The molecule has 1 aromatic heterocycles. The number of carbonyl (C=O) groups is 1. The summed E-state index contributed by atoms with van der Waals surface area (Å²) in [6.07, 6.45) is 0. The van der Waals surface area contributed by atoms with Crippen LogP contribution in [0.4, 0.5) is 5.13 Å². The molecule has 3 aromatic carbocycles. The lowest BCUT2D eigenvalue weighted by Crippen LogP contribution is -2.48. The van der Waals surface area contributed by atoms with Gasteiger partial charge in [0.2, 0.25) is 0 Å². The number of piperazine rings is 1. The molecule has 0 bridgehead atoms.